The third-order valence-corrected chi connectivity index (χ3v) is 4.81. The van der Waals surface area contributed by atoms with E-state index in [2.05, 4.69) is 4.98 Å². The molecule has 2 N–H and O–H groups in total. The molecule has 1 amide bonds. The number of aryl methyl sites for hydroxylation is 1. The number of nitrogens with two attached hydrogens (primary N) is 1. The smallest absolute Gasteiger partial charge is 0.274 e. The molecular formula is C14H18N4O3S. The Morgan fingerprint density at radius 1 is 1.50 bits per heavy atom. The number of amides is 1. The van der Waals surface area contributed by atoms with E-state index in [0.717, 1.165) is 11.2 Å². The van der Waals surface area contributed by atoms with Crippen molar-refractivity contribution in [3.63, 3.8) is 0 Å². The summed E-state index contributed by atoms with van der Waals surface area (Å²) in [5, 5.41) is 5.07. The normalized spacial score (nSPS) is 19.0. The standard InChI is InChI=1S/C14H18N4O3S/c1-10-2-4-17-8-12(16-13(17)6-10)14(19)18-5-3-11(7-18)9-22(15,20)21/h2,4,6,8,11H,3,5,7,9H2,1H3,(H2,15,20,21). The van der Waals surface area contributed by atoms with Crippen molar-refractivity contribution in [3.05, 3.63) is 35.8 Å². The first-order valence-corrected chi connectivity index (χ1v) is 8.78. The number of rotatable bonds is 3. The van der Waals surface area contributed by atoms with Gasteiger partial charge < -0.3 is 9.30 Å². The Morgan fingerprint density at radius 3 is 3.00 bits per heavy atom. The Bertz CT molecular complexity index is 828. The van der Waals surface area contributed by atoms with E-state index < -0.39 is 10.0 Å². The van der Waals surface area contributed by atoms with Gasteiger partial charge in [0.05, 0.1) is 5.75 Å². The molecule has 22 heavy (non-hydrogen) atoms. The Labute approximate surface area is 128 Å². The van der Waals surface area contributed by atoms with Crippen LogP contribution in [0.4, 0.5) is 0 Å². The van der Waals surface area contributed by atoms with E-state index in [9.17, 15) is 13.2 Å². The second kappa shape index (κ2) is 5.36. The zero-order valence-electron chi connectivity index (χ0n) is 12.3. The molecule has 2 aromatic heterocycles. The topological polar surface area (TPSA) is 97.8 Å². The fourth-order valence-electron chi connectivity index (χ4n) is 2.83. The monoisotopic (exact) mass is 322 g/mol. The number of likely N-dealkylation sites (tertiary alicyclic amines) is 1. The highest BCUT2D eigenvalue weighted by atomic mass is 32.2. The Balaban J connectivity index is 1.76. The fourth-order valence-corrected chi connectivity index (χ4v) is 3.76. The summed E-state index contributed by atoms with van der Waals surface area (Å²) in [6, 6.07) is 3.85. The van der Waals surface area contributed by atoms with Crippen molar-refractivity contribution in [2.75, 3.05) is 18.8 Å². The van der Waals surface area contributed by atoms with Crippen LogP contribution in [0.2, 0.25) is 0 Å². The highest BCUT2D eigenvalue weighted by Crippen LogP contribution is 2.20. The summed E-state index contributed by atoms with van der Waals surface area (Å²) in [4.78, 5) is 18.5. The number of sulfonamides is 1. The van der Waals surface area contributed by atoms with Crippen LogP contribution in [0.3, 0.4) is 0 Å². The first-order chi connectivity index (χ1) is 10.3. The van der Waals surface area contributed by atoms with Gasteiger partial charge in [-0.3, -0.25) is 4.79 Å². The Kier molecular flexibility index (Phi) is 3.65. The molecule has 1 unspecified atom stereocenters. The molecule has 118 valence electrons. The maximum absolute atomic E-state index is 12.5. The molecule has 8 heteroatoms. The number of pyridine rings is 1. The predicted molar refractivity (Wildman–Crippen MR) is 81.9 cm³/mol. The maximum Gasteiger partial charge on any atom is 0.274 e. The predicted octanol–water partition coefficient (Wildman–Crippen LogP) is 0.393. The first kappa shape index (κ1) is 15.0. The van der Waals surface area contributed by atoms with Gasteiger partial charge in [-0.15, -0.1) is 0 Å². The van der Waals surface area contributed by atoms with Crippen molar-refractivity contribution in [2.45, 2.75) is 13.3 Å². The molecule has 1 aliphatic heterocycles. The molecule has 7 nitrogen and oxygen atoms in total. The lowest BCUT2D eigenvalue weighted by Gasteiger charge is -2.14. The second-order valence-corrected chi connectivity index (χ2v) is 7.49. The number of aromatic nitrogens is 2. The van der Waals surface area contributed by atoms with Crippen LogP contribution >= 0.6 is 0 Å². The molecular weight excluding hydrogens is 304 g/mol. The molecule has 0 bridgehead atoms. The molecule has 1 atom stereocenters. The number of hydrogen-bond donors (Lipinski definition) is 1. The van der Waals surface area contributed by atoms with Gasteiger partial charge in [0, 0.05) is 25.5 Å². The Hall–Kier alpha value is -1.93. The lowest BCUT2D eigenvalue weighted by atomic mass is 10.2. The van der Waals surface area contributed by atoms with Crippen molar-refractivity contribution in [1.29, 1.82) is 0 Å². The van der Waals surface area contributed by atoms with E-state index in [-0.39, 0.29) is 17.6 Å². The lowest BCUT2D eigenvalue weighted by Crippen LogP contribution is -2.31. The molecule has 0 saturated carbocycles. The number of nitrogens with zero attached hydrogens (tertiary/aromatic N) is 3. The van der Waals surface area contributed by atoms with Crippen molar-refractivity contribution >= 4 is 21.6 Å². The number of carbonyl (C=O) groups is 1. The number of imidazole rings is 1. The van der Waals surface area contributed by atoms with Gasteiger partial charge >= 0.3 is 0 Å². The van der Waals surface area contributed by atoms with E-state index in [0.29, 0.717) is 25.2 Å². The SMILES string of the molecule is Cc1ccn2cc(C(=O)N3CCC(CS(N)(=O)=O)C3)nc2c1. The van der Waals surface area contributed by atoms with E-state index in [4.69, 9.17) is 5.14 Å². The number of fused-ring (bicyclic) bond motifs is 1. The largest absolute Gasteiger partial charge is 0.337 e. The van der Waals surface area contributed by atoms with E-state index in [1.54, 1.807) is 15.5 Å². The molecule has 3 rings (SSSR count). The molecule has 0 radical (unpaired) electrons. The van der Waals surface area contributed by atoms with Crippen molar-refractivity contribution in [1.82, 2.24) is 14.3 Å². The Morgan fingerprint density at radius 2 is 2.27 bits per heavy atom. The minimum absolute atomic E-state index is 0.0822. The van der Waals surface area contributed by atoms with Crippen LogP contribution in [-0.4, -0.2) is 47.5 Å². The van der Waals surface area contributed by atoms with Gasteiger partial charge in [0.25, 0.3) is 5.91 Å². The van der Waals surface area contributed by atoms with E-state index >= 15 is 0 Å². The van der Waals surface area contributed by atoms with Gasteiger partial charge in [-0.1, -0.05) is 0 Å². The minimum atomic E-state index is -3.50. The molecule has 0 aromatic carbocycles. The van der Waals surface area contributed by atoms with Gasteiger partial charge in [0.1, 0.15) is 11.3 Å². The summed E-state index contributed by atoms with van der Waals surface area (Å²) in [6.45, 7) is 2.91. The van der Waals surface area contributed by atoms with Gasteiger partial charge in [0.15, 0.2) is 0 Å². The lowest BCUT2D eigenvalue weighted by molar-refractivity contribution is 0.0783. The van der Waals surface area contributed by atoms with E-state index in [1.807, 2.05) is 25.3 Å². The molecule has 2 aromatic rings. The zero-order chi connectivity index (χ0) is 15.9. The highest BCUT2D eigenvalue weighted by Gasteiger charge is 2.30. The summed E-state index contributed by atoms with van der Waals surface area (Å²) >= 11 is 0. The van der Waals surface area contributed by atoms with E-state index in [1.165, 1.54) is 0 Å². The van der Waals surface area contributed by atoms with Gasteiger partial charge in [-0.25, -0.2) is 18.5 Å². The van der Waals surface area contributed by atoms with Crippen molar-refractivity contribution in [2.24, 2.45) is 11.1 Å². The molecule has 3 heterocycles. The van der Waals surface area contributed by atoms with Gasteiger partial charge in [0.2, 0.25) is 10.0 Å². The van der Waals surface area contributed by atoms with Crippen LogP contribution in [0.1, 0.15) is 22.5 Å². The minimum Gasteiger partial charge on any atom is -0.337 e. The van der Waals surface area contributed by atoms with Gasteiger partial charge in [-0.05, 0) is 37.0 Å². The molecule has 0 aliphatic carbocycles. The maximum atomic E-state index is 12.5. The second-order valence-electron chi connectivity index (χ2n) is 5.83. The fraction of sp³-hybridized carbons (Fsp3) is 0.429. The van der Waals surface area contributed by atoms with Gasteiger partial charge in [-0.2, -0.15) is 0 Å². The van der Waals surface area contributed by atoms with Crippen LogP contribution in [-0.2, 0) is 10.0 Å². The third-order valence-electron chi connectivity index (χ3n) is 3.88. The van der Waals surface area contributed by atoms with Crippen LogP contribution in [0, 0.1) is 12.8 Å². The number of hydrogen-bond acceptors (Lipinski definition) is 4. The summed E-state index contributed by atoms with van der Waals surface area (Å²) in [6.07, 6.45) is 4.21. The average molecular weight is 322 g/mol. The number of primary sulfonamides is 1. The van der Waals surface area contributed by atoms with Crippen molar-refractivity contribution < 1.29 is 13.2 Å². The molecule has 1 saturated heterocycles. The van der Waals surface area contributed by atoms with Crippen LogP contribution in [0.15, 0.2) is 24.5 Å². The average Bonchev–Trinajstić information content (AvgIpc) is 3.02. The highest BCUT2D eigenvalue weighted by molar-refractivity contribution is 7.89. The quantitative estimate of drug-likeness (QED) is 0.884. The third kappa shape index (κ3) is 3.12. The molecule has 1 aliphatic rings. The summed E-state index contributed by atoms with van der Waals surface area (Å²) in [5.41, 5.74) is 2.18. The van der Waals surface area contributed by atoms with Crippen molar-refractivity contribution in [3.8, 4) is 0 Å². The summed E-state index contributed by atoms with van der Waals surface area (Å²) in [7, 11) is -3.50. The molecule has 1 fully saturated rings. The first-order valence-electron chi connectivity index (χ1n) is 7.07. The molecule has 0 spiro atoms. The number of carbonyl (C=O) groups excluding carboxylic acids is 1. The zero-order valence-corrected chi connectivity index (χ0v) is 13.1. The van der Waals surface area contributed by atoms with Crippen LogP contribution in [0.5, 0.6) is 0 Å². The summed E-state index contributed by atoms with van der Waals surface area (Å²) in [5.74, 6) is -0.349. The van der Waals surface area contributed by atoms with Crippen LogP contribution < -0.4 is 5.14 Å². The summed E-state index contributed by atoms with van der Waals surface area (Å²) < 4.78 is 24.1. The van der Waals surface area contributed by atoms with Crippen LogP contribution in [0.25, 0.3) is 5.65 Å².